The lowest BCUT2D eigenvalue weighted by molar-refractivity contribution is -0.0875. The predicted molar refractivity (Wildman–Crippen MR) is 99.1 cm³/mol. The molecule has 146 valence electrons. The van der Waals surface area contributed by atoms with Crippen molar-refractivity contribution < 1.29 is 22.6 Å². The van der Waals surface area contributed by atoms with Crippen LogP contribution in [0.5, 0.6) is 0 Å². The van der Waals surface area contributed by atoms with Crippen molar-refractivity contribution in [2.75, 3.05) is 13.2 Å². The maximum atomic E-state index is 14.7. The Morgan fingerprint density at radius 3 is 2.48 bits per heavy atom. The molecule has 0 bridgehead atoms. The Morgan fingerprint density at radius 1 is 1.04 bits per heavy atom. The number of hydrogen-bond donors (Lipinski definition) is 0. The van der Waals surface area contributed by atoms with Gasteiger partial charge in [-0.1, -0.05) is 38.1 Å². The molecular formula is C22H25F3O2. The fourth-order valence-electron chi connectivity index (χ4n) is 3.43. The van der Waals surface area contributed by atoms with Crippen LogP contribution in [0.2, 0.25) is 0 Å². The minimum atomic E-state index is -0.968. The number of aryl methyl sites for hydroxylation is 1. The van der Waals surface area contributed by atoms with Gasteiger partial charge in [-0.05, 0) is 42.9 Å². The van der Waals surface area contributed by atoms with E-state index in [-0.39, 0.29) is 17.2 Å². The summed E-state index contributed by atoms with van der Waals surface area (Å²) in [6.45, 7) is 4.92. The summed E-state index contributed by atoms with van der Waals surface area (Å²) in [7, 11) is 0. The molecule has 1 saturated heterocycles. The monoisotopic (exact) mass is 378 g/mol. The van der Waals surface area contributed by atoms with Gasteiger partial charge in [0.1, 0.15) is 5.82 Å². The summed E-state index contributed by atoms with van der Waals surface area (Å²) in [6.07, 6.45) is 2.31. The van der Waals surface area contributed by atoms with Gasteiger partial charge < -0.3 is 9.47 Å². The first-order chi connectivity index (χ1) is 13.0. The van der Waals surface area contributed by atoms with Crippen LogP contribution in [-0.2, 0) is 15.9 Å². The molecule has 27 heavy (non-hydrogen) atoms. The Kier molecular flexibility index (Phi) is 6.55. The van der Waals surface area contributed by atoms with E-state index < -0.39 is 23.6 Å². The van der Waals surface area contributed by atoms with Crippen molar-refractivity contribution in [1.29, 1.82) is 0 Å². The van der Waals surface area contributed by atoms with Crippen LogP contribution >= 0.6 is 0 Å². The first kappa shape index (κ1) is 19.9. The lowest BCUT2D eigenvalue weighted by Gasteiger charge is -2.29. The predicted octanol–water partition coefficient (Wildman–Crippen LogP) is 5.98. The van der Waals surface area contributed by atoms with Crippen LogP contribution < -0.4 is 0 Å². The van der Waals surface area contributed by atoms with Crippen LogP contribution in [-0.4, -0.2) is 19.3 Å². The number of hydrogen-bond acceptors (Lipinski definition) is 2. The maximum Gasteiger partial charge on any atom is 0.167 e. The number of benzene rings is 2. The van der Waals surface area contributed by atoms with Crippen molar-refractivity contribution in [1.82, 2.24) is 0 Å². The number of rotatable bonds is 6. The molecule has 0 saturated carbocycles. The molecule has 5 heteroatoms. The Morgan fingerprint density at radius 2 is 1.85 bits per heavy atom. The Bertz CT molecular complexity index is 783. The van der Waals surface area contributed by atoms with E-state index in [1.165, 1.54) is 18.2 Å². The third kappa shape index (κ3) is 4.36. The fourth-order valence-corrected chi connectivity index (χ4v) is 3.43. The number of halogens is 3. The van der Waals surface area contributed by atoms with E-state index in [0.717, 1.165) is 12.8 Å². The zero-order valence-electron chi connectivity index (χ0n) is 15.7. The molecule has 2 nitrogen and oxygen atoms in total. The topological polar surface area (TPSA) is 18.5 Å². The van der Waals surface area contributed by atoms with Crippen LogP contribution in [0, 0.1) is 17.5 Å². The van der Waals surface area contributed by atoms with Crippen molar-refractivity contribution in [2.45, 2.75) is 51.7 Å². The molecule has 2 atom stereocenters. The first-order valence-corrected chi connectivity index (χ1v) is 9.55. The maximum absolute atomic E-state index is 14.7. The molecule has 2 unspecified atom stereocenters. The van der Waals surface area contributed by atoms with Gasteiger partial charge in [0.15, 0.2) is 11.6 Å². The molecule has 2 aromatic rings. The molecule has 1 fully saturated rings. The van der Waals surface area contributed by atoms with E-state index in [1.807, 2.05) is 13.8 Å². The van der Waals surface area contributed by atoms with Gasteiger partial charge in [0, 0.05) is 17.7 Å². The molecule has 0 aliphatic carbocycles. The standard InChI is InChI=1S/C22H25F3O2/c1-3-11-26-16-7-10-20(27-13-16)18-9-8-17(21(24)22(18)25)15-6-5-14(4-2)19(23)12-15/h5-6,8-9,12,16,20H,3-4,7,10-11,13H2,1-2H3. The van der Waals surface area contributed by atoms with Crippen molar-refractivity contribution in [3.63, 3.8) is 0 Å². The van der Waals surface area contributed by atoms with E-state index >= 15 is 0 Å². The van der Waals surface area contributed by atoms with Gasteiger partial charge in [-0.2, -0.15) is 0 Å². The van der Waals surface area contributed by atoms with Gasteiger partial charge in [0.2, 0.25) is 0 Å². The lowest BCUT2D eigenvalue weighted by atomic mass is 9.95. The minimum Gasteiger partial charge on any atom is -0.376 e. The molecule has 3 rings (SSSR count). The SMILES string of the molecule is CCCOC1CCC(c2ccc(-c3ccc(CC)c(F)c3)c(F)c2F)OC1. The van der Waals surface area contributed by atoms with Gasteiger partial charge >= 0.3 is 0 Å². The van der Waals surface area contributed by atoms with Gasteiger partial charge in [-0.15, -0.1) is 0 Å². The molecule has 0 amide bonds. The van der Waals surface area contributed by atoms with Crippen molar-refractivity contribution in [3.8, 4) is 11.1 Å². The Labute approximate surface area is 158 Å². The van der Waals surface area contributed by atoms with Gasteiger partial charge in [-0.25, -0.2) is 13.2 Å². The average molecular weight is 378 g/mol. The molecule has 1 heterocycles. The molecule has 1 aliphatic rings. The van der Waals surface area contributed by atoms with Crippen molar-refractivity contribution in [2.24, 2.45) is 0 Å². The summed E-state index contributed by atoms with van der Waals surface area (Å²) in [4.78, 5) is 0. The Hall–Kier alpha value is -1.85. The molecule has 0 spiro atoms. The Balaban J connectivity index is 1.79. The second-order valence-electron chi connectivity index (χ2n) is 6.88. The summed E-state index contributed by atoms with van der Waals surface area (Å²) in [6, 6.07) is 7.51. The van der Waals surface area contributed by atoms with Gasteiger partial charge in [0.25, 0.3) is 0 Å². The van der Waals surface area contributed by atoms with E-state index in [0.29, 0.717) is 37.2 Å². The summed E-state index contributed by atoms with van der Waals surface area (Å²) >= 11 is 0. The molecule has 1 aliphatic heterocycles. The highest BCUT2D eigenvalue weighted by molar-refractivity contribution is 5.65. The van der Waals surface area contributed by atoms with Gasteiger partial charge in [-0.3, -0.25) is 0 Å². The molecule has 2 aromatic carbocycles. The summed E-state index contributed by atoms with van der Waals surface area (Å²) < 4.78 is 54.8. The quantitative estimate of drug-likeness (QED) is 0.616. The highest BCUT2D eigenvalue weighted by Crippen LogP contribution is 2.35. The molecule has 0 aromatic heterocycles. The third-order valence-electron chi connectivity index (χ3n) is 5.00. The van der Waals surface area contributed by atoms with Crippen LogP contribution in [0.25, 0.3) is 11.1 Å². The molecule has 0 N–H and O–H groups in total. The van der Waals surface area contributed by atoms with Crippen LogP contribution in [0.15, 0.2) is 30.3 Å². The number of ether oxygens (including phenoxy) is 2. The van der Waals surface area contributed by atoms with Crippen LogP contribution in [0.4, 0.5) is 13.2 Å². The second kappa shape index (κ2) is 8.89. The van der Waals surface area contributed by atoms with E-state index in [2.05, 4.69) is 0 Å². The highest BCUT2D eigenvalue weighted by atomic mass is 19.2. The lowest BCUT2D eigenvalue weighted by Crippen LogP contribution is -2.28. The second-order valence-corrected chi connectivity index (χ2v) is 6.88. The van der Waals surface area contributed by atoms with Crippen molar-refractivity contribution in [3.05, 3.63) is 58.9 Å². The van der Waals surface area contributed by atoms with Crippen LogP contribution in [0.3, 0.4) is 0 Å². The smallest absolute Gasteiger partial charge is 0.167 e. The summed E-state index contributed by atoms with van der Waals surface area (Å²) in [5.41, 5.74) is 1.13. The third-order valence-corrected chi connectivity index (χ3v) is 5.00. The van der Waals surface area contributed by atoms with Crippen molar-refractivity contribution >= 4 is 0 Å². The first-order valence-electron chi connectivity index (χ1n) is 9.55. The van der Waals surface area contributed by atoms with E-state index in [1.54, 1.807) is 12.1 Å². The normalized spacial score (nSPS) is 20.0. The zero-order valence-corrected chi connectivity index (χ0v) is 15.7. The molecule has 0 radical (unpaired) electrons. The summed E-state index contributed by atoms with van der Waals surface area (Å²) in [5, 5.41) is 0. The largest absolute Gasteiger partial charge is 0.376 e. The summed E-state index contributed by atoms with van der Waals surface area (Å²) in [5.74, 6) is -2.30. The molecular weight excluding hydrogens is 353 g/mol. The minimum absolute atomic E-state index is 0.00781. The van der Waals surface area contributed by atoms with Gasteiger partial charge in [0.05, 0.1) is 18.8 Å². The van der Waals surface area contributed by atoms with E-state index in [4.69, 9.17) is 9.47 Å². The fraction of sp³-hybridized carbons (Fsp3) is 0.455. The van der Waals surface area contributed by atoms with Crippen LogP contribution in [0.1, 0.15) is 50.3 Å². The average Bonchev–Trinajstić information content (AvgIpc) is 2.69. The zero-order chi connectivity index (χ0) is 19.4. The highest BCUT2D eigenvalue weighted by Gasteiger charge is 2.27. The van der Waals surface area contributed by atoms with E-state index in [9.17, 15) is 13.2 Å².